The van der Waals surface area contributed by atoms with E-state index in [0.29, 0.717) is 18.7 Å². The normalized spacial score (nSPS) is 10.0. The lowest BCUT2D eigenvalue weighted by atomic mass is 10.1. The molecule has 0 aliphatic carbocycles. The Bertz CT molecular complexity index is 674. The highest BCUT2D eigenvalue weighted by Crippen LogP contribution is 2.16. The van der Waals surface area contributed by atoms with Crippen LogP contribution in [-0.4, -0.2) is 17.5 Å². The van der Waals surface area contributed by atoms with Crippen molar-refractivity contribution >= 4 is 17.4 Å². The van der Waals surface area contributed by atoms with Gasteiger partial charge in [-0.3, -0.25) is 10.1 Å². The fraction of sp³-hybridized carbons (Fsp3) is 0.133. The summed E-state index contributed by atoms with van der Waals surface area (Å²) in [6, 6.07) is 11.2. The second kappa shape index (κ2) is 7.16. The van der Waals surface area contributed by atoms with Gasteiger partial charge < -0.3 is 10.6 Å². The zero-order chi connectivity index (χ0) is 15.9. The van der Waals surface area contributed by atoms with Gasteiger partial charge in [-0.25, -0.2) is 9.18 Å². The number of amides is 2. The molecule has 0 bridgehead atoms. The van der Waals surface area contributed by atoms with Gasteiger partial charge in [0.15, 0.2) is 0 Å². The molecule has 0 atom stereocenters. The molecule has 0 aliphatic heterocycles. The van der Waals surface area contributed by atoms with Crippen LogP contribution < -0.4 is 10.6 Å². The number of hydrogen-bond acceptors (Lipinski definition) is 3. The number of carbonyl (C=O) groups excluding carboxylic acids is 1. The molecule has 0 saturated carbocycles. The summed E-state index contributed by atoms with van der Waals surface area (Å²) in [5.41, 5.74) is 1.15. The number of carbonyl (C=O) groups is 1. The average molecular weight is 303 g/mol. The molecule has 7 heteroatoms. The summed E-state index contributed by atoms with van der Waals surface area (Å²) in [5.74, 6) is -0.305. The highest BCUT2D eigenvalue weighted by atomic mass is 19.1. The van der Waals surface area contributed by atoms with E-state index in [9.17, 15) is 19.3 Å². The fourth-order valence-corrected chi connectivity index (χ4v) is 1.84. The summed E-state index contributed by atoms with van der Waals surface area (Å²) in [4.78, 5) is 21.8. The summed E-state index contributed by atoms with van der Waals surface area (Å²) in [7, 11) is 0. The number of rotatable bonds is 5. The summed E-state index contributed by atoms with van der Waals surface area (Å²) in [6.45, 7) is 0.367. The number of hydrogen-bond donors (Lipinski definition) is 2. The van der Waals surface area contributed by atoms with E-state index in [0.717, 1.165) is 5.56 Å². The Kier molecular flexibility index (Phi) is 5.02. The van der Waals surface area contributed by atoms with Crippen LogP contribution in [0.3, 0.4) is 0 Å². The van der Waals surface area contributed by atoms with Crippen LogP contribution in [0, 0.1) is 15.9 Å². The number of benzene rings is 2. The molecule has 2 amide bonds. The van der Waals surface area contributed by atoms with Crippen LogP contribution in [0.5, 0.6) is 0 Å². The van der Waals surface area contributed by atoms with E-state index in [1.165, 1.54) is 30.3 Å². The summed E-state index contributed by atoms with van der Waals surface area (Å²) < 4.78 is 12.7. The van der Waals surface area contributed by atoms with Crippen LogP contribution in [0.25, 0.3) is 0 Å². The lowest BCUT2D eigenvalue weighted by Gasteiger charge is -2.07. The molecule has 0 radical (unpaired) electrons. The van der Waals surface area contributed by atoms with Gasteiger partial charge in [-0.2, -0.15) is 0 Å². The van der Waals surface area contributed by atoms with Gasteiger partial charge in [-0.15, -0.1) is 0 Å². The van der Waals surface area contributed by atoms with Crippen LogP contribution in [0.2, 0.25) is 0 Å². The summed E-state index contributed by atoms with van der Waals surface area (Å²) >= 11 is 0. The molecule has 2 aromatic carbocycles. The van der Waals surface area contributed by atoms with Crippen LogP contribution in [-0.2, 0) is 6.42 Å². The molecule has 22 heavy (non-hydrogen) atoms. The molecule has 2 N–H and O–H groups in total. The number of nitrogens with zero attached hydrogens (tertiary/aromatic N) is 1. The van der Waals surface area contributed by atoms with E-state index >= 15 is 0 Å². The minimum Gasteiger partial charge on any atom is -0.338 e. The van der Waals surface area contributed by atoms with Gasteiger partial charge in [0.05, 0.1) is 4.92 Å². The van der Waals surface area contributed by atoms with E-state index in [1.54, 1.807) is 18.2 Å². The Morgan fingerprint density at radius 3 is 2.59 bits per heavy atom. The predicted molar refractivity (Wildman–Crippen MR) is 80.2 cm³/mol. The Morgan fingerprint density at radius 2 is 1.91 bits per heavy atom. The quantitative estimate of drug-likeness (QED) is 0.657. The largest absolute Gasteiger partial charge is 0.338 e. The van der Waals surface area contributed by atoms with Crippen molar-refractivity contribution in [3.63, 3.8) is 0 Å². The predicted octanol–water partition coefficient (Wildman–Crippen LogP) is 3.10. The average Bonchev–Trinajstić information content (AvgIpc) is 2.49. The van der Waals surface area contributed by atoms with E-state index < -0.39 is 11.0 Å². The molecule has 0 heterocycles. The third-order valence-electron chi connectivity index (χ3n) is 2.93. The van der Waals surface area contributed by atoms with Crippen molar-refractivity contribution in [1.82, 2.24) is 5.32 Å². The zero-order valence-corrected chi connectivity index (χ0v) is 11.6. The van der Waals surface area contributed by atoms with Gasteiger partial charge in [0.1, 0.15) is 5.82 Å². The van der Waals surface area contributed by atoms with Crippen molar-refractivity contribution in [1.29, 1.82) is 0 Å². The van der Waals surface area contributed by atoms with Crippen molar-refractivity contribution in [3.8, 4) is 0 Å². The molecule has 6 nitrogen and oxygen atoms in total. The third kappa shape index (κ3) is 4.55. The fourth-order valence-electron chi connectivity index (χ4n) is 1.84. The Balaban J connectivity index is 1.81. The van der Waals surface area contributed by atoms with E-state index in [2.05, 4.69) is 10.6 Å². The maximum atomic E-state index is 12.7. The van der Waals surface area contributed by atoms with Crippen LogP contribution in [0.4, 0.5) is 20.6 Å². The highest BCUT2D eigenvalue weighted by molar-refractivity contribution is 5.89. The van der Waals surface area contributed by atoms with E-state index in [-0.39, 0.29) is 11.5 Å². The maximum absolute atomic E-state index is 12.7. The molecule has 114 valence electrons. The summed E-state index contributed by atoms with van der Waals surface area (Å²) in [5, 5.41) is 15.8. The topological polar surface area (TPSA) is 84.3 Å². The monoisotopic (exact) mass is 303 g/mol. The number of nitro groups is 1. The highest BCUT2D eigenvalue weighted by Gasteiger charge is 2.07. The minimum absolute atomic E-state index is 0.0934. The maximum Gasteiger partial charge on any atom is 0.319 e. The van der Waals surface area contributed by atoms with Crippen LogP contribution in [0.1, 0.15) is 5.56 Å². The van der Waals surface area contributed by atoms with E-state index in [1.807, 2.05) is 0 Å². The molecule has 2 aromatic rings. The number of nitro benzene ring substituents is 1. The standard InChI is InChI=1S/C15H14FN3O3/c16-12-6-4-11(5-7-12)8-9-17-15(20)18-13-2-1-3-14(10-13)19(21)22/h1-7,10H,8-9H2,(H2,17,18,20). The number of anilines is 1. The van der Waals surface area contributed by atoms with E-state index in [4.69, 9.17) is 0 Å². The van der Waals surface area contributed by atoms with Crippen LogP contribution in [0.15, 0.2) is 48.5 Å². The molecule has 0 saturated heterocycles. The zero-order valence-electron chi connectivity index (χ0n) is 11.6. The molecular formula is C15H14FN3O3. The molecule has 0 fully saturated rings. The Hall–Kier alpha value is -2.96. The first-order chi connectivity index (χ1) is 10.5. The Labute approximate surface area is 126 Å². The minimum atomic E-state index is -0.530. The lowest BCUT2D eigenvalue weighted by molar-refractivity contribution is -0.384. The number of urea groups is 1. The second-order valence-electron chi connectivity index (χ2n) is 4.56. The van der Waals surface area contributed by atoms with Gasteiger partial charge >= 0.3 is 6.03 Å². The van der Waals surface area contributed by atoms with Gasteiger partial charge in [0.25, 0.3) is 5.69 Å². The van der Waals surface area contributed by atoms with Crippen molar-refractivity contribution in [2.45, 2.75) is 6.42 Å². The van der Waals surface area contributed by atoms with Gasteiger partial charge in [-0.05, 0) is 30.2 Å². The van der Waals surface area contributed by atoms with Gasteiger partial charge in [-0.1, -0.05) is 18.2 Å². The molecule has 0 unspecified atom stereocenters. The molecule has 0 aromatic heterocycles. The third-order valence-corrected chi connectivity index (χ3v) is 2.93. The van der Waals surface area contributed by atoms with Gasteiger partial charge in [0.2, 0.25) is 0 Å². The van der Waals surface area contributed by atoms with Crippen molar-refractivity contribution in [2.75, 3.05) is 11.9 Å². The van der Waals surface area contributed by atoms with Crippen molar-refractivity contribution < 1.29 is 14.1 Å². The first-order valence-electron chi connectivity index (χ1n) is 6.58. The van der Waals surface area contributed by atoms with Crippen LogP contribution >= 0.6 is 0 Å². The molecule has 2 rings (SSSR count). The lowest BCUT2D eigenvalue weighted by Crippen LogP contribution is -2.30. The molecule has 0 aliphatic rings. The SMILES string of the molecule is O=C(NCCc1ccc(F)cc1)Nc1cccc([N+](=O)[O-])c1. The number of halogens is 1. The summed E-state index contributed by atoms with van der Waals surface area (Å²) in [6.07, 6.45) is 0.558. The number of nitrogens with one attached hydrogen (secondary N) is 2. The van der Waals surface area contributed by atoms with Crippen molar-refractivity contribution in [2.24, 2.45) is 0 Å². The second-order valence-corrected chi connectivity index (χ2v) is 4.56. The first-order valence-corrected chi connectivity index (χ1v) is 6.58. The number of non-ortho nitro benzene ring substituents is 1. The molecule has 0 spiro atoms. The molecular weight excluding hydrogens is 289 g/mol. The first kappa shape index (κ1) is 15.4. The van der Waals surface area contributed by atoms with Gasteiger partial charge in [0, 0.05) is 24.4 Å². The smallest absolute Gasteiger partial charge is 0.319 e. The Morgan fingerprint density at radius 1 is 1.18 bits per heavy atom. The van der Waals surface area contributed by atoms with Crippen molar-refractivity contribution in [3.05, 3.63) is 70.0 Å².